The van der Waals surface area contributed by atoms with E-state index in [-0.39, 0.29) is 11.4 Å². The molecule has 0 aliphatic carbocycles. The van der Waals surface area contributed by atoms with Gasteiger partial charge in [0, 0.05) is 5.56 Å². The van der Waals surface area contributed by atoms with Gasteiger partial charge in [-0.1, -0.05) is 24.6 Å². The summed E-state index contributed by atoms with van der Waals surface area (Å²) >= 11 is 0. The molecule has 104 valence electrons. The van der Waals surface area contributed by atoms with E-state index in [1.165, 1.54) is 7.11 Å². The molecule has 0 saturated heterocycles. The average molecular weight is 262 g/mol. The molecule has 0 bridgehead atoms. The number of ether oxygens (including phenoxy) is 1. The Labute approximate surface area is 114 Å². The Morgan fingerprint density at radius 2 is 1.89 bits per heavy atom. The van der Waals surface area contributed by atoms with E-state index in [0.717, 1.165) is 17.6 Å². The Balaban J connectivity index is 3.40. The number of hydrogen-bond donors (Lipinski definition) is 0. The van der Waals surface area contributed by atoms with Gasteiger partial charge in [-0.15, -0.1) is 0 Å². The summed E-state index contributed by atoms with van der Waals surface area (Å²) in [6, 6.07) is 0. The smallest absolute Gasteiger partial charge is 0.291 e. The van der Waals surface area contributed by atoms with Gasteiger partial charge < -0.3 is 9.15 Å². The van der Waals surface area contributed by atoms with Crippen molar-refractivity contribution in [3.05, 3.63) is 44.8 Å². The average Bonchev–Trinajstić information content (AvgIpc) is 2.36. The molecular weight excluding hydrogens is 240 g/mol. The van der Waals surface area contributed by atoms with Crippen LogP contribution >= 0.6 is 0 Å². The zero-order valence-electron chi connectivity index (χ0n) is 12.6. The van der Waals surface area contributed by atoms with Gasteiger partial charge in [-0.3, -0.25) is 4.79 Å². The van der Waals surface area contributed by atoms with Gasteiger partial charge in [-0.2, -0.15) is 0 Å². The highest BCUT2D eigenvalue weighted by molar-refractivity contribution is 5.65. The Bertz CT molecular complexity index is 574. The molecule has 0 atom stereocenters. The maximum absolute atomic E-state index is 12.1. The molecule has 3 heteroatoms. The molecule has 0 saturated carbocycles. The monoisotopic (exact) mass is 262 g/mol. The topological polar surface area (TPSA) is 39.4 Å². The maximum atomic E-state index is 12.1. The second-order valence-electron chi connectivity index (χ2n) is 4.69. The predicted molar refractivity (Wildman–Crippen MR) is 78.7 cm³/mol. The first-order valence-electron chi connectivity index (χ1n) is 6.46. The van der Waals surface area contributed by atoms with Crippen LogP contribution < -0.4 is 10.2 Å². The minimum absolute atomic E-state index is 0.0250. The molecule has 1 rings (SSSR count). The van der Waals surface area contributed by atoms with Crippen LogP contribution in [0.5, 0.6) is 5.95 Å². The summed E-state index contributed by atoms with van der Waals surface area (Å²) in [6.07, 6.45) is 5.13. The summed E-state index contributed by atoms with van der Waals surface area (Å²) in [6.45, 7) is 9.55. The lowest BCUT2D eigenvalue weighted by Crippen LogP contribution is -2.12. The summed E-state index contributed by atoms with van der Waals surface area (Å²) in [7, 11) is 1.51. The summed E-state index contributed by atoms with van der Waals surface area (Å²) in [5.74, 6) is 0.881. The fourth-order valence-corrected chi connectivity index (χ4v) is 2.08. The fraction of sp³-hybridized carbons (Fsp3) is 0.438. The summed E-state index contributed by atoms with van der Waals surface area (Å²) in [4.78, 5) is 12.1. The molecular formula is C16H22O3. The van der Waals surface area contributed by atoms with Crippen LogP contribution in [-0.2, 0) is 0 Å². The molecule has 0 spiro atoms. The summed E-state index contributed by atoms with van der Waals surface area (Å²) in [5.41, 5.74) is 3.19. The molecule has 0 amide bonds. The SMILES string of the molecule is CC/C=C(C)\C=C(/C)c1oc(OC)c(C)c(=O)c1C. The van der Waals surface area contributed by atoms with Crippen molar-refractivity contribution in [2.45, 2.75) is 41.0 Å². The van der Waals surface area contributed by atoms with E-state index in [1.54, 1.807) is 13.8 Å². The van der Waals surface area contributed by atoms with Crippen molar-refractivity contribution in [1.82, 2.24) is 0 Å². The second-order valence-corrected chi connectivity index (χ2v) is 4.69. The molecule has 0 radical (unpaired) electrons. The minimum atomic E-state index is -0.0250. The zero-order valence-corrected chi connectivity index (χ0v) is 12.6. The lowest BCUT2D eigenvalue weighted by molar-refractivity contribution is 0.288. The molecule has 0 aromatic carbocycles. The van der Waals surface area contributed by atoms with Crippen LogP contribution in [0.25, 0.3) is 5.57 Å². The van der Waals surface area contributed by atoms with Crippen molar-refractivity contribution >= 4 is 5.57 Å². The van der Waals surface area contributed by atoms with Crippen molar-refractivity contribution in [3.8, 4) is 5.95 Å². The van der Waals surface area contributed by atoms with Crippen molar-refractivity contribution in [2.75, 3.05) is 7.11 Å². The van der Waals surface area contributed by atoms with Crippen LogP contribution in [-0.4, -0.2) is 7.11 Å². The van der Waals surface area contributed by atoms with E-state index < -0.39 is 0 Å². The normalized spacial score (nSPS) is 12.7. The molecule has 1 aromatic heterocycles. The second kappa shape index (κ2) is 6.41. The van der Waals surface area contributed by atoms with Crippen molar-refractivity contribution < 1.29 is 9.15 Å². The van der Waals surface area contributed by atoms with Crippen LogP contribution in [0.2, 0.25) is 0 Å². The van der Waals surface area contributed by atoms with Gasteiger partial charge in [0.25, 0.3) is 5.95 Å². The molecule has 0 aliphatic rings. The molecule has 0 fully saturated rings. The molecule has 1 aromatic rings. The van der Waals surface area contributed by atoms with E-state index >= 15 is 0 Å². The van der Waals surface area contributed by atoms with E-state index in [9.17, 15) is 4.79 Å². The van der Waals surface area contributed by atoms with Gasteiger partial charge in [0.05, 0.1) is 12.7 Å². The number of allylic oxidation sites excluding steroid dienone is 4. The van der Waals surface area contributed by atoms with Crippen LogP contribution in [0.4, 0.5) is 0 Å². The Hall–Kier alpha value is -1.77. The van der Waals surface area contributed by atoms with Crippen molar-refractivity contribution in [1.29, 1.82) is 0 Å². The van der Waals surface area contributed by atoms with Crippen LogP contribution in [0.3, 0.4) is 0 Å². The summed E-state index contributed by atoms with van der Waals surface area (Å²) in [5, 5.41) is 0. The first kappa shape index (κ1) is 15.3. The van der Waals surface area contributed by atoms with Gasteiger partial charge in [0.2, 0.25) is 0 Å². The van der Waals surface area contributed by atoms with E-state index in [2.05, 4.69) is 13.0 Å². The van der Waals surface area contributed by atoms with Gasteiger partial charge in [-0.05, 0) is 39.7 Å². The first-order chi connectivity index (χ1) is 8.92. The van der Waals surface area contributed by atoms with Gasteiger partial charge >= 0.3 is 0 Å². The lowest BCUT2D eigenvalue weighted by atomic mass is 10.1. The Morgan fingerprint density at radius 3 is 2.42 bits per heavy atom. The molecule has 0 unspecified atom stereocenters. The van der Waals surface area contributed by atoms with Crippen LogP contribution in [0.15, 0.2) is 26.9 Å². The highest BCUT2D eigenvalue weighted by Gasteiger charge is 2.15. The first-order valence-corrected chi connectivity index (χ1v) is 6.46. The third-order valence-electron chi connectivity index (χ3n) is 3.04. The Morgan fingerprint density at radius 1 is 1.26 bits per heavy atom. The molecule has 0 aliphatic heterocycles. The minimum Gasteiger partial charge on any atom is -0.468 e. The molecule has 1 heterocycles. The standard InChI is InChI=1S/C16H22O3/c1-7-8-10(2)9-11(3)15-12(4)14(17)13(5)16(18-6)19-15/h8-9H,7H2,1-6H3/b10-8-,11-9+. The quantitative estimate of drug-likeness (QED) is 0.769. The third-order valence-corrected chi connectivity index (χ3v) is 3.04. The van der Waals surface area contributed by atoms with E-state index in [4.69, 9.17) is 9.15 Å². The van der Waals surface area contributed by atoms with Crippen molar-refractivity contribution in [3.63, 3.8) is 0 Å². The number of hydrogen-bond acceptors (Lipinski definition) is 3. The molecule has 3 nitrogen and oxygen atoms in total. The number of methoxy groups -OCH3 is 1. The lowest BCUT2D eigenvalue weighted by Gasteiger charge is -2.10. The zero-order chi connectivity index (χ0) is 14.6. The van der Waals surface area contributed by atoms with Crippen LogP contribution in [0, 0.1) is 13.8 Å². The van der Waals surface area contributed by atoms with Crippen molar-refractivity contribution in [2.24, 2.45) is 0 Å². The fourth-order valence-electron chi connectivity index (χ4n) is 2.08. The summed E-state index contributed by atoms with van der Waals surface area (Å²) < 4.78 is 10.8. The predicted octanol–water partition coefficient (Wildman–Crippen LogP) is 4.02. The molecule has 19 heavy (non-hydrogen) atoms. The third kappa shape index (κ3) is 3.37. The van der Waals surface area contributed by atoms with E-state index in [1.807, 2.05) is 19.9 Å². The Kier molecular flexibility index (Phi) is 5.16. The largest absolute Gasteiger partial charge is 0.468 e. The van der Waals surface area contributed by atoms with Gasteiger partial charge in [0.1, 0.15) is 5.76 Å². The van der Waals surface area contributed by atoms with E-state index in [0.29, 0.717) is 16.9 Å². The van der Waals surface area contributed by atoms with Gasteiger partial charge in [-0.25, -0.2) is 0 Å². The van der Waals surface area contributed by atoms with Crippen LogP contribution in [0.1, 0.15) is 44.1 Å². The maximum Gasteiger partial charge on any atom is 0.291 e. The highest BCUT2D eigenvalue weighted by Crippen LogP contribution is 2.24. The molecule has 0 N–H and O–H groups in total. The highest BCUT2D eigenvalue weighted by atomic mass is 16.6. The number of rotatable bonds is 4. The van der Waals surface area contributed by atoms with Gasteiger partial charge in [0.15, 0.2) is 5.43 Å².